The summed E-state index contributed by atoms with van der Waals surface area (Å²) in [6.45, 7) is 3.87. The SMILES string of the molecule is Cc1c(C(=O)N2CSCC2C(=O)N2CCOCC2)oc2ccc(F)cc12. The van der Waals surface area contributed by atoms with E-state index in [-0.39, 0.29) is 23.4 Å². The molecule has 1 unspecified atom stereocenters. The van der Waals surface area contributed by atoms with E-state index in [0.717, 1.165) is 0 Å². The highest BCUT2D eigenvalue weighted by molar-refractivity contribution is 7.99. The fourth-order valence-corrected chi connectivity index (χ4v) is 4.51. The second-order valence-corrected chi connectivity index (χ2v) is 7.42. The van der Waals surface area contributed by atoms with Gasteiger partial charge in [-0.2, -0.15) is 0 Å². The zero-order valence-electron chi connectivity index (χ0n) is 14.4. The van der Waals surface area contributed by atoms with Crippen LogP contribution < -0.4 is 0 Å². The molecular formula is C18H19FN2O4S. The number of morpholine rings is 1. The van der Waals surface area contributed by atoms with Gasteiger partial charge in [-0.3, -0.25) is 9.59 Å². The molecule has 0 radical (unpaired) electrons. The molecule has 2 amide bonds. The maximum absolute atomic E-state index is 13.5. The van der Waals surface area contributed by atoms with Gasteiger partial charge in [0.25, 0.3) is 5.91 Å². The Morgan fingerprint density at radius 1 is 1.27 bits per heavy atom. The molecule has 6 nitrogen and oxygen atoms in total. The van der Waals surface area contributed by atoms with E-state index in [4.69, 9.17) is 9.15 Å². The average molecular weight is 378 g/mol. The van der Waals surface area contributed by atoms with E-state index in [2.05, 4.69) is 0 Å². The Balaban J connectivity index is 1.60. The second-order valence-electron chi connectivity index (χ2n) is 6.42. The maximum atomic E-state index is 13.5. The summed E-state index contributed by atoms with van der Waals surface area (Å²) in [7, 11) is 0. The van der Waals surface area contributed by atoms with Crippen LogP contribution >= 0.6 is 11.8 Å². The summed E-state index contributed by atoms with van der Waals surface area (Å²) < 4.78 is 24.5. The number of rotatable bonds is 2. The summed E-state index contributed by atoms with van der Waals surface area (Å²) in [6, 6.07) is 3.68. The zero-order chi connectivity index (χ0) is 18.3. The normalized spacial score (nSPS) is 20.8. The molecule has 1 atom stereocenters. The highest BCUT2D eigenvalue weighted by Crippen LogP contribution is 2.30. The molecule has 138 valence electrons. The number of aryl methyl sites for hydroxylation is 1. The molecule has 1 aromatic carbocycles. The molecule has 26 heavy (non-hydrogen) atoms. The van der Waals surface area contributed by atoms with Crippen LogP contribution in [0.4, 0.5) is 4.39 Å². The van der Waals surface area contributed by atoms with Crippen molar-refractivity contribution in [3.63, 3.8) is 0 Å². The van der Waals surface area contributed by atoms with Gasteiger partial charge >= 0.3 is 0 Å². The molecule has 2 aliphatic rings. The molecule has 0 aliphatic carbocycles. The third kappa shape index (κ3) is 2.97. The Bertz CT molecular complexity index is 862. The minimum atomic E-state index is -0.505. The number of hydrogen-bond donors (Lipinski definition) is 0. The van der Waals surface area contributed by atoms with Crippen molar-refractivity contribution >= 4 is 34.5 Å². The van der Waals surface area contributed by atoms with Crippen molar-refractivity contribution in [1.29, 1.82) is 0 Å². The Hall–Kier alpha value is -2.06. The Morgan fingerprint density at radius 2 is 2.04 bits per heavy atom. The molecule has 3 heterocycles. The smallest absolute Gasteiger partial charge is 0.291 e. The number of nitrogens with zero attached hydrogens (tertiary/aromatic N) is 2. The molecule has 0 N–H and O–H groups in total. The standard InChI is InChI=1S/C18H19FN2O4S/c1-11-13-8-12(19)2-3-15(13)25-16(11)18(23)21-10-26-9-14(21)17(22)20-4-6-24-7-5-20/h2-3,8,14H,4-7,9-10H2,1H3. The van der Waals surface area contributed by atoms with Crippen molar-refractivity contribution in [1.82, 2.24) is 9.80 Å². The van der Waals surface area contributed by atoms with E-state index in [0.29, 0.717) is 54.5 Å². The van der Waals surface area contributed by atoms with Crippen LogP contribution in [0.1, 0.15) is 16.1 Å². The van der Waals surface area contributed by atoms with Crippen LogP contribution in [-0.4, -0.2) is 65.6 Å². The van der Waals surface area contributed by atoms with Gasteiger partial charge in [-0.15, -0.1) is 11.8 Å². The van der Waals surface area contributed by atoms with Gasteiger partial charge in [-0.05, 0) is 25.1 Å². The maximum Gasteiger partial charge on any atom is 0.291 e. The number of carbonyl (C=O) groups excluding carboxylic acids is 2. The van der Waals surface area contributed by atoms with Crippen LogP contribution in [0.2, 0.25) is 0 Å². The van der Waals surface area contributed by atoms with Crippen molar-refractivity contribution in [3.8, 4) is 0 Å². The topological polar surface area (TPSA) is 63.0 Å². The van der Waals surface area contributed by atoms with Crippen LogP contribution in [0.5, 0.6) is 0 Å². The molecule has 0 bridgehead atoms. The van der Waals surface area contributed by atoms with E-state index in [9.17, 15) is 14.0 Å². The van der Waals surface area contributed by atoms with Gasteiger partial charge in [0.1, 0.15) is 17.4 Å². The number of ether oxygens (including phenoxy) is 1. The highest BCUT2D eigenvalue weighted by atomic mass is 32.2. The van der Waals surface area contributed by atoms with Crippen molar-refractivity contribution in [3.05, 3.63) is 35.3 Å². The summed E-state index contributed by atoms with van der Waals surface area (Å²) in [5, 5.41) is 0.580. The number of hydrogen-bond acceptors (Lipinski definition) is 5. The van der Waals surface area contributed by atoms with Gasteiger partial charge in [-0.1, -0.05) is 0 Å². The number of thioether (sulfide) groups is 1. The average Bonchev–Trinajstić information content (AvgIpc) is 3.27. The first-order valence-electron chi connectivity index (χ1n) is 8.50. The van der Waals surface area contributed by atoms with Gasteiger partial charge in [0.2, 0.25) is 5.91 Å². The molecule has 2 aliphatic heterocycles. The quantitative estimate of drug-likeness (QED) is 0.802. The minimum absolute atomic E-state index is 0.0496. The lowest BCUT2D eigenvalue weighted by Crippen LogP contribution is -2.52. The molecule has 2 saturated heterocycles. The summed E-state index contributed by atoms with van der Waals surface area (Å²) in [4.78, 5) is 29.2. The third-order valence-corrected chi connectivity index (χ3v) is 5.86. The summed E-state index contributed by atoms with van der Waals surface area (Å²) in [5.74, 6) is 0.424. The van der Waals surface area contributed by atoms with Crippen LogP contribution in [0.25, 0.3) is 11.0 Å². The van der Waals surface area contributed by atoms with Crippen LogP contribution in [-0.2, 0) is 9.53 Å². The van der Waals surface area contributed by atoms with Crippen LogP contribution in [0.3, 0.4) is 0 Å². The molecule has 4 rings (SSSR count). The predicted molar refractivity (Wildman–Crippen MR) is 95.6 cm³/mol. The zero-order valence-corrected chi connectivity index (χ0v) is 15.2. The molecule has 2 aromatic rings. The number of furan rings is 1. The fraction of sp³-hybridized carbons (Fsp3) is 0.444. The first-order chi connectivity index (χ1) is 12.6. The van der Waals surface area contributed by atoms with E-state index in [1.807, 2.05) is 0 Å². The first-order valence-corrected chi connectivity index (χ1v) is 9.65. The number of fused-ring (bicyclic) bond motifs is 1. The summed E-state index contributed by atoms with van der Waals surface area (Å²) in [5.41, 5.74) is 1.06. The van der Waals surface area contributed by atoms with Gasteiger partial charge < -0.3 is 19.0 Å². The Labute approximate surface area is 154 Å². The largest absolute Gasteiger partial charge is 0.451 e. The molecule has 2 fully saturated rings. The van der Waals surface area contributed by atoms with Crippen molar-refractivity contribution < 1.29 is 23.1 Å². The lowest BCUT2D eigenvalue weighted by molar-refractivity contribution is -0.138. The lowest BCUT2D eigenvalue weighted by Gasteiger charge is -2.31. The van der Waals surface area contributed by atoms with Crippen LogP contribution in [0.15, 0.2) is 22.6 Å². The fourth-order valence-electron chi connectivity index (χ4n) is 3.37. The molecule has 0 spiro atoms. The predicted octanol–water partition coefficient (Wildman–Crippen LogP) is 2.25. The van der Waals surface area contributed by atoms with E-state index in [1.54, 1.807) is 28.5 Å². The first kappa shape index (κ1) is 17.4. The lowest BCUT2D eigenvalue weighted by atomic mass is 10.1. The number of benzene rings is 1. The summed E-state index contributed by atoms with van der Waals surface area (Å²) in [6.07, 6.45) is 0. The highest BCUT2D eigenvalue weighted by Gasteiger charge is 2.39. The van der Waals surface area contributed by atoms with Crippen molar-refractivity contribution in [2.24, 2.45) is 0 Å². The Morgan fingerprint density at radius 3 is 2.81 bits per heavy atom. The number of halogens is 1. The van der Waals surface area contributed by atoms with E-state index in [1.165, 1.54) is 18.2 Å². The van der Waals surface area contributed by atoms with Crippen molar-refractivity contribution in [2.75, 3.05) is 37.9 Å². The van der Waals surface area contributed by atoms with Crippen LogP contribution in [0, 0.1) is 12.7 Å². The van der Waals surface area contributed by atoms with Gasteiger partial charge in [0.15, 0.2) is 5.76 Å². The number of carbonyl (C=O) groups is 2. The van der Waals surface area contributed by atoms with E-state index < -0.39 is 6.04 Å². The van der Waals surface area contributed by atoms with Crippen molar-refractivity contribution in [2.45, 2.75) is 13.0 Å². The molecular weight excluding hydrogens is 359 g/mol. The molecule has 1 aromatic heterocycles. The summed E-state index contributed by atoms with van der Waals surface area (Å²) >= 11 is 1.55. The Kier molecular flexibility index (Phi) is 4.62. The van der Waals surface area contributed by atoms with E-state index >= 15 is 0 Å². The number of amides is 2. The van der Waals surface area contributed by atoms with Gasteiger partial charge in [0.05, 0.1) is 19.1 Å². The monoisotopic (exact) mass is 378 g/mol. The molecule has 0 saturated carbocycles. The molecule has 8 heteroatoms. The van der Waals surface area contributed by atoms with Gasteiger partial charge in [0, 0.05) is 29.8 Å². The minimum Gasteiger partial charge on any atom is -0.451 e. The second kappa shape index (κ2) is 6.92. The van der Waals surface area contributed by atoms with Gasteiger partial charge in [-0.25, -0.2) is 4.39 Å². The third-order valence-electron chi connectivity index (χ3n) is 4.84.